The van der Waals surface area contributed by atoms with Crippen LogP contribution in [0, 0.1) is 39.9 Å². The molecule has 0 aromatic rings. The Kier molecular flexibility index (Phi) is 5.22. The van der Waals surface area contributed by atoms with Crippen LogP contribution in [0.1, 0.15) is 66.2 Å². The summed E-state index contributed by atoms with van der Waals surface area (Å²) in [6, 6.07) is 0. The third kappa shape index (κ3) is 2.69. The molecule has 5 fully saturated rings. The van der Waals surface area contributed by atoms with E-state index in [0.717, 1.165) is 0 Å². The molecule has 5 N–H and O–H groups in total. The molecule has 4 saturated carbocycles. The van der Waals surface area contributed by atoms with Crippen LogP contribution in [-0.4, -0.2) is 77.8 Å². The lowest BCUT2D eigenvalue weighted by molar-refractivity contribution is -0.232. The van der Waals surface area contributed by atoms with Gasteiger partial charge in [-0.1, -0.05) is 13.8 Å². The Balaban J connectivity index is 1.40. The van der Waals surface area contributed by atoms with Crippen molar-refractivity contribution in [2.45, 2.75) is 107 Å². The van der Waals surface area contributed by atoms with Crippen molar-refractivity contribution in [2.75, 3.05) is 0 Å². The molecule has 14 atom stereocenters. The van der Waals surface area contributed by atoms with E-state index in [0.29, 0.717) is 38.5 Å². The second kappa shape index (κ2) is 7.38. The lowest BCUT2D eigenvalue weighted by atomic mass is 9.42. The molecule has 1 unspecified atom stereocenters. The van der Waals surface area contributed by atoms with Gasteiger partial charge in [0, 0.05) is 16.7 Å². The fourth-order valence-corrected chi connectivity index (χ4v) is 10.8. The van der Waals surface area contributed by atoms with Crippen molar-refractivity contribution in [3.05, 3.63) is 12.2 Å². The summed E-state index contributed by atoms with van der Waals surface area (Å²) in [5.74, 6) is -2.16. The van der Waals surface area contributed by atoms with Gasteiger partial charge in [0.05, 0.1) is 16.9 Å². The number of ketones is 1. The van der Waals surface area contributed by atoms with Gasteiger partial charge in [-0.25, -0.2) is 4.79 Å². The predicted molar refractivity (Wildman–Crippen MR) is 132 cm³/mol. The summed E-state index contributed by atoms with van der Waals surface area (Å²) in [5, 5.41) is 56.6. The Labute approximate surface area is 222 Å². The van der Waals surface area contributed by atoms with E-state index < -0.39 is 68.6 Å². The van der Waals surface area contributed by atoms with Crippen molar-refractivity contribution in [3.63, 3.8) is 0 Å². The zero-order valence-electron chi connectivity index (χ0n) is 21.9. The fourth-order valence-electron chi connectivity index (χ4n) is 10.2. The first-order chi connectivity index (χ1) is 17.0. The Morgan fingerprint density at radius 2 is 1.62 bits per heavy atom. The van der Waals surface area contributed by atoms with Gasteiger partial charge in [0.1, 0.15) is 23.4 Å². The average molecular weight is 539 g/mol. The van der Waals surface area contributed by atoms with Crippen molar-refractivity contribution < 1.29 is 39.9 Å². The molecule has 2 bridgehead atoms. The summed E-state index contributed by atoms with van der Waals surface area (Å²) in [5.41, 5.74) is -7.90. The Morgan fingerprint density at radius 1 is 0.946 bits per heavy atom. The molecule has 6 aliphatic rings. The largest absolute Gasteiger partial charge is 0.460 e. The SMILES string of the molecule is C[C@@]12CC([C@@]3(O)[C@H](O)C[C@H]4[C@@H]5C[C@H](Cl)[C@]6(O)[C@@H](O)C=CC(=O)[C@]6(C)[C@H]5CC[C@@]43C)[C@@H](C1)OC(=O)[C@]2(C)O. The van der Waals surface area contributed by atoms with E-state index in [1.54, 1.807) is 6.92 Å². The molecule has 1 saturated heterocycles. The maximum absolute atomic E-state index is 13.3. The molecule has 5 aliphatic carbocycles. The molecule has 6 rings (SSSR count). The summed E-state index contributed by atoms with van der Waals surface area (Å²) in [6.45, 7) is 7.00. The number of allylic oxidation sites excluding steroid dienone is 1. The van der Waals surface area contributed by atoms with E-state index in [4.69, 9.17) is 16.3 Å². The number of hydrogen-bond acceptors (Lipinski definition) is 8. The number of hydrogen-bond donors (Lipinski definition) is 5. The summed E-state index contributed by atoms with van der Waals surface area (Å²) >= 11 is 6.80. The molecule has 1 aliphatic heterocycles. The van der Waals surface area contributed by atoms with Crippen LogP contribution < -0.4 is 0 Å². The Hall–Kier alpha value is -1.03. The molecule has 1 heterocycles. The van der Waals surface area contributed by atoms with Crippen LogP contribution in [0.2, 0.25) is 0 Å². The van der Waals surface area contributed by atoms with Crippen LogP contribution in [0.25, 0.3) is 0 Å². The average Bonchev–Trinajstić information content (AvgIpc) is 3.25. The normalized spacial score (nSPS) is 62.5. The molecule has 206 valence electrons. The van der Waals surface area contributed by atoms with E-state index in [1.807, 2.05) is 13.8 Å². The van der Waals surface area contributed by atoms with Gasteiger partial charge in [-0.2, -0.15) is 0 Å². The van der Waals surface area contributed by atoms with Crippen molar-refractivity contribution in [1.29, 1.82) is 0 Å². The zero-order chi connectivity index (χ0) is 27.1. The zero-order valence-corrected chi connectivity index (χ0v) is 22.6. The smallest absolute Gasteiger partial charge is 0.338 e. The maximum atomic E-state index is 13.3. The number of aliphatic hydroxyl groups is 5. The monoisotopic (exact) mass is 538 g/mol. The lowest BCUT2D eigenvalue weighted by Gasteiger charge is -2.64. The van der Waals surface area contributed by atoms with Gasteiger partial charge >= 0.3 is 5.97 Å². The lowest BCUT2D eigenvalue weighted by Crippen LogP contribution is -2.73. The number of carbonyl (C=O) groups excluding carboxylic acids is 2. The first-order valence-electron chi connectivity index (χ1n) is 13.6. The van der Waals surface area contributed by atoms with E-state index in [1.165, 1.54) is 19.1 Å². The number of fused-ring (bicyclic) bond motifs is 7. The van der Waals surface area contributed by atoms with Gasteiger partial charge in [-0.05, 0) is 82.3 Å². The van der Waals surface area contributed by atoms with Crippen LogP contribution in [0.4, 0.5) is 0 Å². The number of carbonyl (C=O) groups is 2. The fraction of sp³-hybridized carbons (Fsp3) is 0.857. The molecule has 37 heavy (non-hydrogen) atoms. The Bertz CT molecular complexity index is 1090. The highest BCUT2D eigenvalue weighted by molar-refractivity contribution is 6.22. The van der Waals surface area contributed by atoms with Gasteiger partial charge in [0.25, 0.3) is 0 Å². The molecule has 0 aromatic heterocycles. The van der Waals surface area contributed by atoms with E-state index in [-0.39, 0.29) is 23.5 Å². The minimum absolute atomic E-state index is 0.167. The number of halogens is 1. The number of esters is 1. The number of rotatable bonds is 1. The van der Waals surface area contributed by atoms with Crippen molar-refractivity contribution >= 4 is 23.4 Å². The van der Waals surface area contributed by atoms with E-state index in [2.05, 4.69) is 0 Å². The molecule has 9 heteroatoms. The summed E-state index contributed by atoms with van der Waals surface area (Å²) in [4.78, 5) is 26.0. The van der Waals surface area contributed by atoms with Gasteiger partial charge < -0.3 is 30.3 Å². The molecule has 0 radical (unpaired) electrons. The van der Waals surface area contributed by atoms with Crippen LogP contribution in [0.15, 0.2) is 12.2 Å². The van der Waals surface area contributed by atoms with Crippen LogP contribution in [0.5, 0.6) is 0 Å². The van der Waals surface area contributed by atoms with Crippen LogP contribution >= 0.6 is 11.6 Å². The summed E-state index contributed by atoms with van der Waals surface area (Å²) in [7, 11) is 0. The van der Waals surface area contributed by atoms with E-state index >= 15 is 0 Å². The Morgan fingerprint density at radius 3 is 2.30 bits per heavy atom. The third-order valence-corrected chi connectivity index (χ3v) is 13.3. The van der Waals surface area contributed by atoms with Crippen molar-refractivity contribution in [3.8, 4) is 0 Å². The topological polar surface area (TPSA) is 145 Å². The minimum atomic E-state index is -1.81. The van der Waals surface area contributed by atoms with Gasteiger partial charge in [-0.15, -0.1) is 11.6 Å². The third-order valence-electron chi connectivity index (χ3n) is 12.8. The molecule has 8 nitrogen and oxygen atoms in total. The molecular formula is C28H39ClO8. The number of alkyl halides is 1. The first-order valence-corrected chi connectivity index (χ1v) is 14.0. The second-order valence-corrected chi connectivity index (χ2v) is 14.4. The number of ether oxygens (including phenoxy) is 1. The second-order valence-electron chi connectivity index (χ2n) is 13.9. The summed E-state index contributed by atoms with van der Waals surface area (Å²) in [6.07, 6.45) is 2.08. The van der Waals surface area contributed by atoms with Gasteiger partial charge in [0.15, 0.2) is 11.4 Å². The van der Waals surface area contributed by atoms with Crippen molar-refractivity contribution in [1.82, 2.24) is 0 Å². The molecule has 0 spiro atoms. The van der Waals surface area contributed by atoms with Gasteiger partial charge in [0.2, 0.25) is 0 Å². The minimum Gasteiger partial charge on any atom is -0.460 e. The maximum Gasteiger partial charge on any atom is 0.338 e. The molecule has 0 amide bonds. The van der Waals surface area contributed by atoms with Crippen LogP contribution in [0.3, 0.4) is 0 Å². The first kappa shape index (κ1) is 26.2. The van der Waals surface area contributed by atoms with Crippen molar-refractivity contribution in [2.24, 2.45) is 39.9 Å². The highest BCUT2D eigenvalue weighted by Gasteiger charge is 2.77. The molecule has 0 aromatic carbocycles. The number of aliphatic hydroxyl groups excluding tert-OH is 2. The standard InChI is InChI=1S/C28H39ClO8/c1-23-11-16(17(12-23)37-22(33)26(23,4)34)27(35)21(32)10-15-13-9-18(29)28(36)20(31)6-5-19(30)25(28,3)14(13)7-8-24(15,27)2/h5-6,13-18,20-21,31-32,34-36H,7-12H2,1-4H3/t13-,14+,15+,16?,17-,18+,20+,21-,23-,24+,25+,26+,27-,28+/m1/s1. The highest BCUT2D eigenvalue weighted by atomic mass is 35.5. The summed E-state index contributed by atoms with van der Waals surface area (Å²) < 4.78 is 5.68. The predicted octanol–water partition coefficient (Wildman–Crippen LogP) is 1.47. The van der Waals surface area contributed by atoms with Crippen LogP contribution in [-0.2, 0) is 14.3 Å². The highest BCUT2D eigenvalue weighted by Crippen LogP contribution is 2.72. The van der Waals surface area contributed by atoms with E-state index in [9.17, 15) is 35.1 Å². The van der Waals surface area contributed by atoms with Gasteiger partial charge in [-0.3, -0.25) is 4.79 Å². The quantitative estimate of drug-likeness (QED) is 0.249. The molecular weight excluding hydrogens is 500 g/mol.